The topological polar surface area (TPSA) is 83.9 Å². The first-order chi connectivity index (χ1) is 12.3. The van der Waals surface area contributed by atoms with Gasteiger partial charge in [0.05, 0.1) is 6.26 Å². The maximum absolute atomic E-state index is 12.8. The van der Waals surface area contributed by atoms with Crippen molar-refractivity contribution >= 4 is 27.6 Å². The third-order valence-electron chi connectivity index (χ3n) is 3.48. The molecule has 2 aromatic rings. The second-order valence-electron chi connectivity index (χ2n) is 5.75. The van der Waals surface area contributed by atoms with Gasteiger partial charge in [0.1, 0.15) is 5.75 Å². The molecule has 0 unspecified atom stereocenters. The fourth-order valence-electron chi connectivity index (χ4n) is 2.38. The second kappa shape index (κ2) is 9.02. The van der Waals surface area contributed by atoms with Crippen molar-refractivity contribution in [2.75, 3.05) is 19.4 Å². The number of halogens is 1. The zero-order valence-corrected chi connectivity index (χ0v) is 15.8. The van der Waals surface area contributed by atoms with Gasteiger partial charge in [0, 0.05) is 30.3 Å². The highest BCUT2D eigenvalue weighted by Crippen LogP contribution is 2.18. The molecular formula is C18H20ClNO5S. The minimum Gasteiger partial charge on any atom is -0.396 e. The van der Waals surface area contributed by atoms with Gasteiger partial charge in [-0.3, -0.25) is 4.79 Å². The van der Waals surface area contributed by atoms with Crippen molar-refractivity contribution in [3.05, 3.63) is 64.7 Å². The van der Waals surface area contributed by atoms with Gasteiger partial charge in [-0.05, 0) is 48.4 Å². The van der Waals surface area contributed by atoms with Gasteiger partial charge in [-0.1, -0.05) is 23.7 Å². The number of aliphatic hydroxyl groups is 1. The van der Waals surface area contributed by atoms with Gasteiger partial charge < -0.3 is 14.2 Å². The van der Waals surface area contributed by atoms with E-state index in [1.807, 2.05) is 0 Å². The van der Waals surface area contributed by atoms with E-state index in [1.54, 1.807) is 47.4 Å². The third kappa shape index (κ3) is 6.33. The number of hydrogen-bond acceptors (Lipinski definition) is 5. The SMILES string of the molecule is CS(=O)(=O)Oc1cccc(CN(CCCO)C(=O)c2ccc(Cl)cc2)c1. The molecule has 1 amide bonds. The lowest BCUT2D eigenvalue weighted by atomic mass is 10.1. The molecule has 0 bridgehead atoms. The molecule has 26 heavy (non-hydrogen) atoms. The normalized spacial score (nSPS) is 11.2. The largest absolute Gasteiger partial charge is 0.396 e. The van der Waals surface area contributed by atoms with Crippen molar-refractivity contribution in [3.8, 4) is 5.75 Å². The third-order valence-corrected chi connectivity index (χ3v) is 4.23. The summed E-state index contributed by atoms with van der Waals surface area (Å²) in [7, 11) is -3.63. The quantitative estimate of drug-likeness (QED) is 0.692. The Morgan fingerprint density at radius 1 is 1.19 bits per heavy atom. The number of amides is 1. The highest BCUT2D eigenvalue weighted by atomic mass is 35.5. The van der Waals surface area contributed by atoms with E-state index in [0.29, 0.717) is 29.1 Å². The maximum Gasteiger partial charge on any atom is 0.306 e. The number of rotatable bonds is 8. The Labute approximate surface area is 158 Å². The molecule has 2 rings (SSSR count). The van der Waals surface area contributed by atoms with Crippen LogP contribution in [0.15, 0.2) is 48.5 Å². The molecule has 8 heteroatoms. The van der Waals surface area contributed by atoms with Gasteiger partial charge in [-0.2, -0.15) is 8.42 Å². The zero-order chi connectivity index (χ0) is 19.2. The van der Waals surface area contributed by atoms with Crippen LogP contribution in [0.4, 0.5) is 0 Å². The Morgan fingerprint density at radius 3 is 2.50 bits per heavy atom. The van der Waals surface area contributed by atoms with Gasteiger partial charge in [-0.25, -0.2) is 0 Å². The van der Waals surface area contributed by atoms with Crippen molar-refractivity contribution in [3.63, 3.8) is 0 Å². The smallest absolute Gasteiger partial charge is 0.306 e. The predicted octanol–water partition coefficient (Wildman–Crippen LogP) is 2.70. The molecule has 0 atom stereocenters. The molecule has 0 aromatic heterocycles. The number of nitrogens with zero attached hydrogens (tertiary/aromatic N) is 1. The van der Waals surface area contributed by atoms with E-state index in [-0.39, 0.29) is 24.8 Å². The second-order valence-corrected chi connectivity index (χ2v) is 7.76. The van der Waals surface area contributed by atoms with E-state index in [9.17, 15) is 13.2 Å². The summed E-state index contributed by atoms with van der Waals surface area (Å²) >= 11 is 5.86. The van der Waals surface area contributed by atoms with Crippen LogP contribution in [0, 0.1) is 0 Å². The number of benzene rings is 2. The van der Waals surface area contributed by atoms with E-state index in [2.05, 4.69) is 0 Å². The predicted molar refractivity (Wildman–Crippen MR) is 99.8 cm³/mol. The maximum atomic E-state index is 12.8. The Kier molecular flexibility index (Phi) is 7.02. The summed E-state index contributed by atoms with van der Waals surface area (Å²) < 4.78 is 27.4. The van der Waals surface area contributed by atoms with Crippen LogP contribution in [0.5, 0.6) is 5.75 Å². The lowest BCUT2D eigenvalue weighted by Gasteiger charge is -2.23. The summed E-state index contributed by atoms with van der Waals surface area (Å²) in [5.41, 5.74) is 1.20. The van der Waals surface area contributed by atoms with Crippen molar-refractivity contribution in [1.29, 1.82) is 0 Å². The molecule has 0 aliphatic heterocycles. The molecule has 0 saturated heterocycles. The van der Waals surface area contributed by atoms with Crippen LogP contribution in [-0.2, 0) is 16.7 Å². The van der Waals surface area contributed by atoms with E-state index in [4.69, 9.17) is 20.9 Å². The molecule has 0 fully saturated rings. The first kappa shape index (κ1) is 20.2. The first-order valence-electron chi connectivity index (χ1n) is 7.92. The highest BCUT2D eigenvalue weighted by molar-refractivity contribution is 7.86. The Hall–Kier alpha value is -2.09. The van der Waals surface area contributed by atoms with Gasteiger partial charge in [0.2, 0.25) is 0 Å². The van der Waals surface area contributed by atoms with Crippen LogP contribution in [-0.4, -0.2) is 43.7 Å². The summed E-state index contributed by atoms with van der Waals surface area (Å²) in [6.45, 7) is 0.569. The van der Waals surface area contributed by atoms with Crippen LogP contribution in [0.2, 0.25) is 5.02 Å². The molecule has 0 spiro atoms. The Bertz CT molecular complexity index is 852. The lowest BCUT2D eigenvalue weighted by molar-refractivity contribution is 0.0732. The van der Waals surface area contributed by atoms with Gasteiger partial charge >= 0.3 is 10.1 Å². The van der Waals surface area contributed by atoms with Crippen LogP contribution in [0.25, 0.3) is 0 Å². The minimum atomic E-state index is -3.63. The molecule has 140 valence electrons. The zero-order valence-electron chi connectivity index (χ0n) is 14.3. The number of aliphatic hydroxyl groups excluding tert-OH is 1. The molecule has 2 aromatic carbocycles. The Morgan fingerprint density at radius 2 is 1.88 bits per heavy atom. The van der Waals surface area contributed by atoms with Crippen molar-refractivity contribution < 1.29 is 22.5 Å². The monoisotopic (exact) mass is 397 g/mol. The number of carbonyl (C=O) groups excluding carboxylic acids is 1. The summed E-state index contributed by atoms with van der Waals surface area (Å²) in [5.74, 6) is -0.0180. The van der Waals surface area contributed by atoms with E-state index in [1.165, 1.54) is 6.07 Å². The van der Waals surface area contributed by atoms with E-state index in [0.717, 1.165) is 6.26 Å². The van der Waals surface area contributed by atoms with Gasteiger partial charge in [0.15, 0.2) is 0 Å². The Balaban J connectivity index is 2.20. The summed E-state index contributed by atoms with van der Waals surface area (Å²) in [6, 6.07) is 13.1. The average Bonchev–Trinajstić information content (AvgIpc) is 2.57. The first-order valence-corrected chi connectivity index (χ1v) is 10.1. The molecule has 0 radical (unpaired) electrons. The molecule has 0 aliphatic rings. The molecular weight excluding hydrogens is 378 g/mol. The van der Waals surface area contributed by atoms with Gasteiger partial charge in [0.25, 0.3) is 5.91 Å². The fraction of sp³-hybridized carbons (Fsp3) is 0.278. The summed E-state index contributed by atoms with van der Waals surface area (Å²) in [5, 5.41) is 9.64. The van der Waals surface area contributed by atoms with Crippen molar-refractivity contribution in [2.24, 2.45) is 0 Å². The van der Waals surface area contributed by atoms with Crippen LogP contribution >= 0.6 is 11.6 Å². The molecule has 6 nitrogen and oxygen atoms in total. The van der Waals surface area contributed by atoms with Crippen molar-refractivity contribution in [2.45, 2.75) is 13.0 Å². The fourth-order valence-corrected chi connectivity index (χ4v) is 2.96. The molecule has 0 heterocycles. The number of hydrogen-bond donors (Lipinski definition) is 1. The van der Waals surface area contributed by atoms with Crippen molar-refractivity contribution in [1.82, 2.24) is 4.90 Å². The van der Waals surface area contributed by atoms with Crippen LogP contribution in [0.1, 0.15) is 22.3 Å². The molecule has 0 aliphatic carbocycles. The van der Waals surface area contributed by atoms with Crippen LogP contribution < -0.4 is 4.18 Å². The minimum absolute atomic E-state index is 0.0401. The van der Waals surface area contributed by atoms with Gasteiger partial charge in [-0.15, -0.1) is 0 Å². The molecule has 1 N–H and O–H groups in total. The summed E-state index contributed by atoms with van der Waals surface area (Å²) in [6.07, 6.45) is 1.40. The van der Waals surface area contributed by atoms with Crippen LogP contribution in [0.3, 0.4) is 0 Å². The van der Waals surface area contributed by atoms with E-state index >= 15 is 0 Å². The molecule has 0 saturated carbocycles. The van der Waals surface area contributed by atoms with E-state index < -0.39 is 10.1 Å². The number of carbonyl (C=O) groups is 1. The standard InChI is InChI=1S/C18H20ClNO5S/c1-26(23,24)25-17-5-2-4-14(12-17)13-20(10-3-11-21)18(22)15-6-8-16(19)9-7-15/h2,4-9,12,21H,3,10-11,13H2,1H3. The lowest BCUT2D eigenvalue weighted by Crippen LogP contribution is -2.32. The average molecular weight is 398 g/mol. The summed E-state index contributed by atoms with van der Waals surface area (Å²) in [4.78, 5) is 14.3. The highest BCUT2D eigenvalue weighted by Gasteiger charge is 2.16.